The first-order valence-electron chi connectivity index (χ1n) is 4.06. The normalized spacial score (nSPS) is 9.69. The van der Waals surface area contributed by atoms with Gasteiger partial charge < -0.3 is 10.6 Å². The average Bonchev–Trinajstić information content (AvgIpc) is 2.09. The van der Waals surface area contributed by atoms with Crippen LogP contribution in [0.1, 0.15) is 0 Å². The van der Waals surface area contributed by atoms with Gasteiger partial charge in [-0.15, -0.1) is 0 Å². The van der Waals surface area contributed by atoms with Gasteiger partial charge in [0.2, 0.25) is 0 Å². The number of para-hydroxylation sites is 1. The van der Waals surface area contributed by atoms with Crippen LogP contribution in [-0.4, -0.2) is 19.5 Å². The van der Waals surface area contributed by atoms with Crippen LogP contribution in [0.5, 0.6) is 0 Å². The largest absolute Gasteiger partial charge is 0.341 e. The number of rotatable bonds is 3. The van der Waals surface area contributed by atoms with E-state index in [1.54, 1.807) is 17.4 Å². The highest BCUT2D eigenvalue weighted by atomic mass is 35.5. The second-order valence-corrected chi connectivity index (χ2v) is 3.05. The van der Waals surface area contributed by atoms with Crippen LogP contribution in [0, 0.1) is 0 Å². The Morgan fingerprint density at radius 3 is 2.85 bits per heavy atom. The zero-order chi connectivity index (χ0) is 9.68. The molecular weight excluding hydrogens is 188 g/mol. The fourth-order valence-electron chi connectivity index (χ4n) is 0.949. The molecule has 0 spiro atoms. The summed E-state index contributed by atoms with van der Waals surface area (Å²) in [5.41, 5.74) is 0.663. The molecule has 0 fully saturated rings. The maximum Gasteiger partial charge on any atom is 0.279 e. The third kappa shape index (κ3) is 3.05. The molecule has 0 aliphatic heterocycles. The summed E-state index contributed by atoms with van der Waals surface area (Å²) in [5, 5.41) is 5.07. The van der Waals surface area contributed by atoms with Crippen molar-refractivity contribution in [1.29, 1.82) is 0 Å². The van der Waals surface area contributed by atoms with Gasteiger partial charge in [0.25, 0.3) is 5.91 Å². The van der Waals surface area contributed by atoms with Crippen molar-refractivity contribution in [2.75, 3.05) is 18.9 Å². The van der Waals surface area contributed by atoms with Crippen LogP contribution in [0.3, 0.4) is 0 Å². The highest BCUT2D eigenvalue weighted by molar-refractivity contribution is 6.33. The minimum Gasteiger partial charge on any atom is -0.341 e. The second-order valence-electron chi connectivity index (χ2n) is 2.64. The number of carbonyl (C=O) groups is 1. The molecule has 1 aromatic rings. The van der Waals surface area contributed by atoms with E-state index >= 15 is 0 Å². The van der Waals surface area contributed by atoms with E-state index in [9.17, 15) is 4.79 Å². The number of likely N-dealkylation sites (N-methyl/N-ethyl adjacent to an activating group) is 1. The molecule has 1 aromatic carbocycles. The SMILES string of the molecule is C[NH2+]CC(=O)Nc1ccccc1Cl. The van der Waals surface area contributed by atoms with Gasteiger partial charge in [-0.2, -0.15) is 0 Å². The summed E-state index contributed by atoms with van der Waals surface area (Å²) >= 11 is 5.84. The molecule has 0 aliphatic rings. The van der Waals surface area contributed by atoms with Crippen LogP contribution in [0.25, 0.3) is 0 Å². The number of benzene rings is 1. The maximum absolute atomic E-state index is 11.2. The highest BCUT2D eigenvalue weighted by Crippen LogP contribution is 2.19. The lowest BCUT2D eigenvalue weighted by Crippen LogP contribution is -2.82. The number of quaternary nitrogens is 1. The number of nitrogens with two attached hydrogens (primary N) is 1. The first-order chi connectivity index (χ1) is 6.24. The number of amides is 1. The minimum atomic E-state index is -0.0457. The Labute approximate surface area is 82.1 Å². The van der Waals surface area contributed by atoms with E-state index in [1.807, 2.05) is 19.2 Å². The van der Waals surface area contributed by atoms with Crippen molar-refractivity contribution in [1.82, 2.24) is 0 Å². The Bertz CT molecular complexity index is 301. The van der Waals surface area contributed by atoms with Crippen molar-refractivity contribution in [2.24, 2.45) is 0 Å². The van der Waals surface area contributed by atoms with E-state index < -0.39 is 0 Å². The van der Waals surface area contributed by atoms with Gasteiger partial charge in [-0.25, -0.2) is 0 Å². The molecule has 0 bridgehead atoms. The summed E-state index contributed by atoms with van der Waals surface area (Å²) in [4.78, 5) is 11.2. The Kier molecular flexibility index (Phi) is 3.73. The lowest BCUT2D eigenvalue weighted by Gasteiger charge is -2.04. The summed E-state index contributed by atoms with van der Waals surface area (Å²) in [6.07, 6.45) is 0. The molecular formula is C9H12ClN2O+. The van der Waals surface area contributed by atoms with Crippen LogP contribution in [0.4, 0.5) is 5.69 Å². The molecule has 4 heteroatoms. The van der Waals surface area contributed by atoms with Gasteiger partial charge in [0.1, 0.15) is 0 Å². The predicted octanol–water partition coefficient (Wildman–Crippen LogP) is 0.472. The number of halogens is 1. The molecule has 0 radical (unpaired) electrons. The minimum absolute atomic E-state index is 0.0457. The lowest BCUT2D eigenvalue weighted by molar-refractivity contribution is -0.615. The topological polar surface area (TPSA) is 45.7 Å². The summed E-state index contributed by atoms with van der Waals surface area (Å²) < 4.78 is 0. The van der Waals surface area contributed by atoms with E-state index in [0.717, 1.165) is 0 Å². The molecule has 0 unspecified atom stereocenters. The van der Waals surface area contributed by atoms with Crippen LogP contribution in [-0.2, 0) is 4.79 Å². The fourth-order valence-corrected chi connectivity index (χ4v) is 1.13. The quantitative estimate of drug-likeness (QED) is 0.731. The fraction of sp³-hybridized carbons (Fsp3) is 0.222. The molecule has 13 heavy (non-hydrogen) atoms. The predicted molar refractivity (Wildman–Crippen MR) is 52.8 cm³/mol. The van der Waals surface area contributed by atoms with Crippen molar-refractivity contribution in [3.05, 3.63) is 29.3 Å². The Balaban J connectivity index is 2.63. The Morgan fingerprint density at radius 1 is 1.54 bits per heavy atom. The molecule has 0 heterocycles. The first-order valence-corrected chi connectivity index (χ1v) is 4.44. The third-order valence-electron chi connectivity index (χ3n) is 1.54. The molecule has 0 saturated carbocycles. The maximum atomic E-state index is 11.2. The van der Waals surface area contributed by atoms with Crippen LogP contribution < -0.4 is 10.6 Å². The molecule has 3 N–H and O–H groups in total. The van der Waals surface area contributed by atoms with Crippen molar-refractivity contribution >= 4 is 23.2 Å². The molecule has 0 atom stereocenters. The van der Waals surface area contributed by atoms with Crippen molar-refractivity contribution in [3.63, 3.8) is 0 Å². The standard InChI is InChI=1S/C9H11ClN2O/c1-11-6-9(13)12-8-5-3-2-4-7(8)10/h2-5,11H,6H2,1H3,(H,12,13)/p+1. The third-order valence-corrected chi connectivity index (χ3v) is 1.87. The zero-order valence-electron chi connectivity index (χ0n) is 7.38. The lowest BCUT2D eigenvalue weighted by atomic mass is 10.3. The molecule has 0 aromatic heterocycles. The molecule has 3 nitrogen and oxygen atoms in total. The monoisotopic (exact) mass is 199 g/mol. The van der Waals surface area contributed by atoms with E-state index in [4.69, 9.17) is 11.6 Å². The molecule has 0 aliphatic carbocycles. The number of carbonyl (C=O) groups excluding carboxylic acids is 1. The van der Waals surface area contributed by atoms with Gasteiger partial charge in [-0.1, -0.05) is 23.7 Å². The average molecular weight is 200 g/mol. The van der Waals surface area contributed by atoms with E-state index in [2.05, 4.69) is 5.32 Å². The first kappa shape index (κ1) is 10.0. The van der Waals surface area contributed by atoms with Gasteiger partial charge in [0, 0.05) is 0 Å². The van der Waals surface area contributed by atoms with Gasteiger partial charge in [-0.3, -0.25) is 4.79 Å². The van der Waals surface area contributed by atoms with Crippen LogP contribution in [0.15, 0.2) is 24.3 Å². The summed E-state index contributed by atoms with van der Waals surface area (Å²) in [6.45, 7) is 0.408. The summed E-state index contributed by atoms with van der Waals surface area (Å²) in [6, 6.07) is 7.17. The van der Waals surface area contributed by atoms with Gasteiger partial charge in [0.05, 0.1) is 17.8 Å². The van der Waals surface area contributed by atoms with Crippen LogP contribution in [0.2, 0.25) is 5.02 Å². The number of nitrogens with one attached hydrogen (secondary N) is 1. The zero-order valence-corrected chi connectivity index (χ0v) is 8.14. The van der Waals surface area contributed by atoms with Gasteiger partial charge in [0.15, 0.2) is 6.54 Å². The van der Waals surface area contributed by atoms with E-state index in [0.29, 0.717) is 17.3 Å². The Morgan fingerprint density at radius 2 is 2.23 bits per heavy atom. The highest BCUT2D eigenvalue weighted by Gasteiger charge is 2.04. The number of hydrogen-bond donors (Lipinski definition) is 2. The van der Waals surface area contributed by atoms with Gasteiger partial charge >= 0.3 is 0 Å². The van der Waals surface area contributed by atoms with Gasteiger partial charge in [-0.05, 0) is 12.1 Å². The van der Waals surface area contributed by atoms with E-state index in [1.165, 1.54) is 0 Å². The number of anilines is 1. The Hall–Kier alpha value is -1.06. The number of hydrogen-bond acceptors (Lipinski definition) is 1. The van der Waals surface area contributed by atoms with Crippen molar-refractivity contribution in [3.8, 4) is 0 Å². The van der Waals surface area contributed by atoms with Crippen molar-refractivity contribution in [2.45, 2.75) is 0 Å². The van der Waals surface area contributed by atoms with E-state index in [-0.39, 0.29) is 5.91 Å². The molecule has 0 saturated heterocycles. The van der Waals surface area contributed by atoms with Crippen LogP contribution >= 0.6 is 11.6 Å². The molecule has 70 valence electrons. The smallest absolute Gasteiger partial charge is 0.279 e. The molecule has 1 amide bonds. The molecule has 1 rings (SSSR count). The second kappa shape index (κ2) is 4.84. The summed E-state index contributed by atoms with van der Waals surface area (Å²) in [7, 11) is 1.84. The van der Waals surface area contributed by atoms with Crippen molar-refractivity contribution < 1.29 is 10.1 Å². The summed E-state index contributed by atoms with van der Waals surface area (Å²) in [5.74, 6) is -0.0457.